The van der Waals surface area contributed by atoms with Gasteiger partial charge in [0.2, 0.25) is 11.8 Å². The standard InChI is InChI=1S/C28H42N2O2/c31-25(29-11-9-21-5-1-3-7-23(21)29)27-14-19-13-20(15-27)17-28(16-19,18-27)26(32)30-12-10-22-6-2-4-8-24(22)30/h19-24H,1-18H2. The number of rotatable bonds is 2. The topological polar surface area (TPSA) is 40.6 Å². The summed E-state index contributed by atoms with van der Waals surface area (Å²) in [6.45, 7) is 1.98. The second kappa shape index (κ2) is 7.22. The number of nitrogens with zero attached hydrogens (tertiary/aromatic N) is 2. The van der Waals surface area contributed by atoms with Crippen molar-refractivity contribution in [2.45, 2.75) is 115 Å². The molecule has 6 aliphatic carbocycles. The number of hydrogen-bond donors (Lipinski definition) is 0. The molecule has 4 unspecified atom stereocenters. The Morgan fingerprint density at radius 2 is 1.03 bits per heavy atom. The maximum absolute atomic E-state index is 14.3. The first kappa shape index (κ1) is 20.3. The van der Waals surface area contributed by atoms with Crippen LogP contribution < -0.4 is 0 Å². The molecule has 0 aromatic heterocycles. The van der Waals surface area contributed by atoms with Gasteiger partial charge in [-0.25, -0.2) is 0 Å². The molecule has 0 N–H and O–H groups in total. The van der Waals surface area contributed by atoms with Gasteiger partial charge >= 0.3 is 0 Å². The van der Waals surface area contributed by atoms with E-state index in [0.29, 0.717) is 35.7 Å². The number of hydrogen-bond acceptors (Lipinski definition) is 2. The highest BCUT2D eigenvalue weighted by Gasteiger charge is 2.65. The third kappa shape index (κ3) is 2.86. The van der Waals surface area contributed by atoms with Crippen molar-refractivity contribution in [3.05, 3.63) is 0 Å². The molecule has 2 saturated heterocycles. The van der Waals surface area contributed by atoms with Crippen LogP contribution in [0.3, 0.4) is 0 Å². The Labute approximate surface area is 193 Å². The van der Waals surface area contributed by atoms with E-state index in [4.69, 9.17) is 0 Å². The average Bonchev–Trinajstić information content (AvgIpc) is 3.41. The van der Waals surface area contributed by atoms with Gasteiger partial charge in [-0.2, -0.15) is 0 Å². The maximum Gasteiger partial charge on any atom is 0.229 e. The van der Waals surface area contributed by atoms with Gasteiger partial charge in [-0.05, 0) is 101 Å². The lowest BCUT2D eigenvalue weighted by atomic mass is 9.43. The quantitative estimate of drug-likeness (QED) is 0.598. The fourth-order valence-electron chi connectivity index (χ4n) is 10.7. The summed E-state index contributed by atoms with van der Waals surface area (Å²) in [6, 6.07) is 1.02. The minimum atomic E-state index is -0.211. The van der Waals surface area contributed by atoms with Gasteiger partial charge in [-0.3, -0.25) is 9.59 Å². The summed E-state index contributed by atoms with van der Waals surface area (Å²) in [5, 5.41) is 0. The van der Waals surface area contributed by atoms with Crippen molar-refractivity contribution in [3.63, 3.8) is 0 Å². The van der Waals surface area contributed by atoms with Gasteiger partial charge in [0.25, 0.3) is 0 Å². The largest absolute Gasteiger partial charge is 0.339 e. The van der Waals surface area contributed by atoms with Crippen LogP contribution >= 0.6 is 0 Å². The minimum Gasteiger partial charge on any atom is -0.339 e. The first-order chi connectivity index (χ1) is 15.6. The van der Waals surface area contributed by atoms with Crippen LogP contribution in [0.4, 0.5) is 0 Å². The highest BCUT2D eigenvalue weighted by atomic mass is 16.2. The summed E-state index contributed by atoms with van der Waals surface area (Å²) in [4.78, 5) is 33.2. The number of carbonyl (C=O) groups is 2. The van der Waals surface area contributed by atoms with Crippen LogP contribution in [0.25, 0.3) is 0 Å². The van der Waals surface area contributed by atoms with Crippen molar-refractivity contribution in [2.24, 2.45) is 34.5 Å². The number of amides is 2. The van der Waals surface area contributed by atoms with Gasteiger partial charge in [0, 0.05) is 25.2 Å². The molecular weight excluding hydrogens is 396 g/mol. The maximum atomic E-state index is 14.3. The van der Waals surface area contributed by atoms with Gasteiger partial charge in [-0.1, -0.05) is 25.7 Å². The third-order valence-electron chi connectivity index (χ3n) is 11.5. The Balaban J connectivity index is 1.17. The molecule has 176 valence electrons. The molecule has 0 spiro atoms. The van der Waals surface area contributed by atoms with E-state index < -0.39 is 0 Å². The molecule has 4 bridgehead atoms. The first-order valence-electron chi connectivity index (χ1n) is 14.2. The Kier molecular flexibility index (Phi) is 4.58. The van der Waals surface area contributed by atoms with E-state index in [1.54, 1.807) is 0 Å². The van der Waals surface area contributed by atoms with E-state index in [9.17, 15) is 9.59 Å². The van der Waals surface area contributed by atoms with Gasteiger partial charge in [0.1, 0.15) is 0 Å². The van der Waals surface area contributed by atoms with Crippen LogP contribution in [0.5, 0.6) is 0 Å². The van der Waals surface area contributed by atoms with Crippen molar-refractivity contribution >= 4 is 11.8 Å². The second-order valence-electron chi connectivity index (χ2n) is 13.3. The predicted octanol–water partition coefficient (Wildman–Crippen LogP) is 5.16. The summed E-state index contributed by atoms with van der Waals surface area (Å²) >= 11 is 0. The van der Waals surface area contributed by atoms with E-state index in [-0.39, 0.29) is 10.8 Å². The molecular formula is C28H42N2O2. The smallest absolute Gasteiger partial charge is 0.229 e. The molecule has 8 rings (SSSR count). The van der Waals surface area contributed by atoms with Crippen LogP contribution in [0.1, 0.15) is 103 Å². The Morgan fingerprint density at radius 3 is 1.50 bits per heavy atom. The monoisotopic (exact) mass is 438 g/mol. The number of carbonyl (C=O) groups excluding carboxylic acids is 2. The molecule has 4 atom stereocenters. The zero-order valence-electron chi connectivity index (χ0n) is 19.9. The zero-order valence-corrected chi connectivity index (χ0v) is 19.9. The van der Waals surface area contributed by atoms with E-state index in [1.807, 2.05) is 0 Å². The Bertz CT molecular complexity index is 731. The lowest BCUT2D eigenvalue weighted by Gasteiger charge is -2.62. The van der Waals surface area contributed by atoms with E-state index in [2.05, 4.69) is 9.80 Å². The van der Waals surface area contributed by atoms with Gasteiger partial charge in [-0.15, -0.1) is 0 Å². The fourth-order valence-corrected chi connectivity index (χ4v) is 10.7. The van der Waals surface area contributed by atoms with Gasteiger partial charge in [0.05, 0.1) is 10.8 Å². The van der Waals surface area contributed by atoms with Gasteiger partial charge < -0.3 is 9.80 Å². The molecule has 0 aromatic rings. The molecule has 4 nitrogen and oxygen atoms in total. The molecule has 0 radical (unpaired) electrons. The van der Waals surface area contributed by atoms with E-state index in [0.717, 1.165) is 57.0 Å². The third-order valence-corrected chi connectivity index (χ3v) is 11.5. The molecule has 8 aliphatic rings. The highest BCUT2D eigenvalue weighted by Crippen LogP contribution is 2.67. The van der Waals surface area contributed by atoms with E-state index >= 15 is 0 Å². The summed E-state index contributed by atoms with van der Waals surface area (Å²) in [7, 11) is 0. The first-order valence-corrected chi connectivity index (χ1v) is 14.2. The van der Waals surface area contributed by atoms with Crippen molar-refractivity contribution in [1.82, 2.24) is 9.80 Å². The van der Waals surface area contributed by atoms with Crippen LogP contribution in [0.15, 0.2) is 0 Å². The summed E-state index contributed by atoms with van der Waals surface area (Å²) in [6.07, 6.45) is 19.3. The summed E-state index contributed by atoms with van der Waals surface area (Å²) in [5.41, 5.74) is -0.421. The van der Waals surface area contributed by atoms with Crippen LogP contribution in [-0.2, 0) is 9.59 Å². The summed E-state index contributed by atoms with van der Waals surface area (Å²) in [5.74, 6) is 3.69. The highest BCUT2D eigenvalue weighted by molar-refractivity contribution is 5.89. The lowest BCUT2D eigenvalue weighted by Crippen LogP contribution is -2.63. The molecule has 2 aliphatic heterocycles. The Morgan fingerprint density at radius 1 is 0.594 bits per heavy atom. The molecule has 0 aromatic carbocycles. The van der Waals surface area contributed by atoms with Crippen LogP contribution in [0, 0.1) is 34.5 Å². The molecule has 8 fully saturated rings. The summed E-state index contributed by atoms with van der Waals surface area (Å²) < 4.78 is 0. The van der Waals surface area contributed by atoms with E-state index in [1.165, 1.54) is 70.6 Å². The zero-order chi connectivity index (χ0) is 21.5. The average molecular weight is 439 g/mol. The molecule has 2 amide bonds. The number of likely N-dealkylation sites (tertiary alicyclic amines) is 2. The van der Waals surface area contributed by atoms with Crippen molar-refractivity contribution < 1.29 is 9.59 Å². The van der Waals surface area contributed by atoms with Crippen molar-refractivity contribution in [2.75, 3.05) is 13.1 Å². The SMILES string of the molecule is O=C(N1CCC2CCCCC21)C12CC3CC(C1)CC(C(=O)N1CCC4CCCCC41)(C3)C2. The molecule has 4 heteroatoms. The predicted molar refractivity (Wildman–Crippen MR) is 124 cm³/mol. The molecule has 32 heavy (non-hydrogen) atoms. The molecule has 6 saturated carbocycles. The molecule has 2 heterocycles. The number of fused-ring (bicyclic) bond motifs is 2. The van der Waals surface area contributed by atoms with Gasteiger partial charge in [0.15, 0.2) is 0 Å². The fraction of sp³-hybridized carbons (Fsp3) is 0.929. The Hall–Kier alpha value is -1.06. The normalized spacial score (nSPS) is 49.2. The minimum absolute atomic E-state index is 0.211. The van der Waals surface area contributed by atoms with Crippen LogP contribution in [-0.4, -0.2) is 46.8 Å². The van der Waals surface area contributed by atoms with Crippen molar-refractivity contribution in [1.29, 1.82) is 0 Å². The van der Waals surface area contributed by atoms with Crippen LogP contribution in [0.2, 0.25) is 0 Å². The lowest BCUT2D eigenvalue weighted by molar-refractivity contribution is -0.181. The van der Waals surface area contributed by atoms with Crippen molar-refractivity contribution in [3.8, 4) is 0 Å². The second-order valence-corrected chi connectivity index (χ2v) is 13.3.